The van der Waals surface area contributed by atoms with Crippen LogP contribution < -0.4 is 4.74 Å². The van der Waals surface area contributed by atoms with Crippen LogP contribution >= 0.6 is 34.8 Å². The molecule has 0 atom stereocenters. The number of carboxylic acid groups (broad SMARTS) is 1. The van der Waals surface area contributed by atoms with E-state index in [-0.39, 0.29) is 35.5 Å². The van der Waals surface area contributed by atoms with Gasteiger partial charge in [-0.15, -0.1) is 0 Å². The molecular weight excluding hydrogens is 573 g/mol. The molecule has 0 unspecified atom stereocenters. The molecule has 2 aliphatic carbocycles. The van der Waals surface area contributed by atoms with Gasteiger partial charge in [0.25, 0.3) is 0 Å². The van der Waals surface area contributed by atoms with Gasteiger partial charge in [0.1, 0.15) is 18.1 Å². The van der Waals surface area contributed by atoms with E-state index in [0.29, 0.717) is 50.4 Å². The topological polar surface area (TPSA) is 111 Å². The highest BCUT2D eigenvalue weighted by Crippen LogP contribution is 2.53. The fourth-order valence-electron chi connectivity index (χ4n) is 5.29. The number of hydrogen-bond acceptors (Lipinski definition) is 5. The monoisotopic (exact) mass is 599 g/mol. The van der Waals surface area contributed by atoms with Crippen LogP contribution in [-0.4, -0.2) is 33.6 Å². The lowest BCUT2D eigenvalue weighted by atomic mass is 9.64. The summed E-state index contributed by atoms with van der Waals surface area (Å²) in [6.07, 6.45) is 2.49. The van der Waals surface area contributed by atoms with Gasteiger partial charge < -0.3 is 20.1 Å². The zero-order valence-electron chi connectivity index (χ0n) is 21.7. The summed E-state index contributed by atoms with van der Waals surface area (Å²) in [6.45, 7) is 1.84. The van der Waals surface area contributed by atoms with Crippen LogP contribution in [0.4, 0.5) is 0 Å². The average molecular weight is 601 g/mol. The number of benzene rings is 3. The summed E-state index contributed by atoms with van der Waals surface area (Å²) in [7, 11) is 0. The highest BCUT2D eigenvalue weighted by molar-refractivity contribution is 6.41. The third kappa shape index (κ3) is 5.59. The number of aliphatic hydroxyl groups is 2. The van der Waals surface area contributed by atoms with Gasteiger partial charge in [-0.3, -0.25) is 5.41 Å². The number of nitrogens with one attached hydrogen (secondary N) is 1. The fraction of sp³-hybridized carbons (Fsp3) is 0.290. The zero-order valence-corrected chi connectivity index (χ0v) is 23.9. The molecular formula is C31H28Cl3NO5. The molecule has 0 saturated heterocycles. The first-order valence-electron chi connectivity index (χ1n) is 12.9. The Morgan fingerprint density at radius 2 is 1.68 bits per heavy atom. The molecule has 0 aromatic heterocycles. The van der Waals surface area contributed by atoms with Crippen molar-refractivity contribution in [3.8, 4) is 5.75 Å². The normalized spacial score (nSPS) is 20.9. The Hall–Kier alpha value is -3.03. The minimum absolute atomic E-state index is 0.000186. The lowest BCUT2D eigenvalue weighted by molar-refractivity contribution is -0.0550. The van der Waals surface area contributed by atoms with Crippen molar-refractivity contribution < 1.29 is 24.9 Å². The molecule has 3 aromatic carbocycles. The second-order valence-corrected chi connectivity index (χ2v) is 11.8. The van der Waals surface area contributed by atoms with Gasteiger partial charge in [-0.05, 0) is 86.1 Å². The van der Waals surface area contributed by atoms with Crippen LogP contribution in [-0.2, 0) is 5.60 Å². The lowest BCUT2D eigenvalue weighted by Gasteiger charge is -2.45. The molecule has 2 fully saturated rings. The largest absolute Gasteiger partial charge is 0.512 e. The van der Waals surface area contributed by atoms with Gasteiger partial charge in [0, 0.05) is 17.0 Å². The maximum Gasteiger partial charge on any atom is 0.335 e. The van der Waals surface area contributed by atoms with Gasteiger partial charge in [-0.25, -0.2) is 4.79 Å². The molecule has 5 rings (SSSR count). The number of aryl methyl sites for hydroxylation is 1. The summed E-state index contributed by atoms with van der Waals surface area (Å²) in [4.78, 5) is 11.4. The first kappa shape index (κ1) is 28.5. The summed E-state index contributed by atoms with van der Waals surface area (Å²) in [5, 5.41) is 41.2. The number of carboxylic acids is 1. The summed E-state index contributed by atoms with van der Waals surface area (Å²) in [5.41, 5.74) is 2.17. The van der Waals surface area contributed by atoms with Crippen molar-refractivity contribution in [3.63, 3.8) is 0 Å². The summed E-state index contributed by atoms with van der Waals surface area (Å²) in [6, 6.07) is 15.0. The maximum atomic E-state index is 11.4. The molecule has 2 aliphatic rings. The van der Waals surface area contributed by atoms with Crippen LogP contribution in [0.1, 0.15) is 64.2 Å². The van der Waals surface area contributed by atoms with Gasteiger partial charge in [0.2, 0.25) is 0 Å². The molecule has 0 radical (unpaired) electrons. The molecule has 40 heavy (non-hydrogen) atoms. The summed E-state index contributed by atoms with van der Waals surface area (Å²) >= 11 is 19.3. The fourth-order valence-corrected chi connectivity index (χ4v) is 6.22. The van der Waals surface area contributed by atoms with Crippen molar-refractivity contribution in [3.05, 3.63) is 109 Å². The van der Waals surface area contributed by atoms with E-state index in [1.54, 1.807) is 54.6 Å². The average Bonchev–Trinajstić information content (AvgIpc) is 3.73. The van der Waals surface area contributed by atoms with Gasteiger partial charge in [-0.2, -0.15) is 0 Å². The Morgan fingerprint density at radius 1 is 1.00 bits per heavy atom. The number of aromatic carboxylic acids is 1. The van der Waals surface area contributed by atoms with Crippen LogP contribution in [0, 0.1) is 18.3 Å². The predicted octanol–water partition coefficient (Wildman–Crippen LogP) is 8.09. The molecule has 3 aromatic rings. The molecule has 0 bridgehead atoms. The Balaban J connectivity index is 1.32. The van der Waals surface area contributed by atoms with Crippen LogP contribution in [0.3, 0.4) is 0 Å². The van der Waals surface area contributed by atoms with Gasteiger partial charge in [-0.1, -0.05) is 53.0 Å². The predicted molar refractivity (Wildman–Crippen MR) is 157 cm³/mol. The molecule has 0 aliphatic heterocycles. The van der Waals surface area contributed by atoms with E-state index in [1.807, 2.05) is 6.92 Å². The van der Waals surface area contributed by atoms with E-state index in [1.165, 1.54) is 0 Å². The highest BCUT2D eigenvalue weighted by Gasteiger charge is 2.46. The quantitative estimate of drug-likeness (QED) is 0.147. The number of allylic oxidation sites excluding steroid dienone is 1. The third-order valence-corrected chi connectivity index (χ3v) is 8.69. The van der Waals surface area contributed by atoms with Crippen LogP contribution in [0.15, 0.2) is 65.9 Å². The highest BCUT2D eigenvalue weighted by atomic mass is 35.5. The minimum atomic E-state index is -1.15. The SMILES string of the molecule is Cc1ccc(C(=O)O)cc1[C@H]1C[C@@](O)(c2ccc(OC/C(C(=N)c3c(Cl)cccc3Cl)=C(/O)C3CC3)cc2Cl)C1. The molecule has 4 N–H and O–H groups in total. The number of hydrogen-bond donors (Lipinski definition) is 4. The third-order valence-electron chi connectivity index (χ3n) is 7.75. The van der Waals surface area contributed by atoms with Crippen molar-refractivity contribution >= 4 is 46.5 Å². The second-order valence-electron chi connectivity index (χ2n) is 10.6. The molecule has 0 spiro atoms. The molecule has 9 heteroatoms. The Labute approximate surface area is 247 Å². The van der Waals surface area contributed by atoms with E-state index in [4.69, 9.17) is 44.9 Å². The van der Waals surface area contributed by atoms with Gasteiger partial charge >= 0.3 is 5.97 Å². The van der Waals surface area contributed by atoms with Gasteiger partial charge in [0.15, 0.2) is 0 Å². The van der Waals surface area contributed by atoms with E-state index >= 15 is 0 Å². The Bertz CT molecular complexity index is 1520. The Kier molecular flexibility index (Phi) is 7.90. The molecule has 208 valence electrons. The molecule has 2 saturated carbocycles. The smallest absolute Gasteiger partial charge is 0.335 e. The number of ether oxygens (including phenoxy) is 1. The van der Waals surface area contributed by atoms with Crippen molar-refractivity contribution in [2.24, 2.45) is 5.92 Å². The lowest BCUT2D eigenvalue weighted by Crippen LogP contribution is -2.40. The van der Waals surface area contributed by atoms with E-state index in [2.05, 4.69) is 0 Å². The van der Waals surface area contributed by atoms with E-state index in [9.17, 15) is 20.1 Å². The van der Waals surface area contributed by atoms with Crippen molar-refractivity contribution in [1.82, 2.24) is 0 Å². The summed E-state index contributed by atoms with van der Waals surface area (Å²) < 4.78 is 5.96. The maximum absolute atomic E-state index is 11.4. The van der Waals surface area contributed by atoms with Crippen molar-refractivity contribution in [2.75, 3.05) is 6.61 Å². The second kappa shape index (κ2) is 11.1. The number of halogens is 3. The van der Waals surface area contributed by atoms with Gasteiger partial charge in [0.05, 0.1) is 37.5 Å². The Morgan fingerprint density at radius 3 is 2.27 bits per heavy atom. The minimum Gasteiger partial charge on any atom is -0.512 e. The van der Waals surface area contributed by atoms with Crippen molar-refractivity contribution in [2.45, 2.75) is 44.1 Å². The van der Waals surface area contributed by atoms with Crippen LogP contribution in [0.25, 0.3) is 0 Å². The molecule has 0 amide bonds. The number of aliphatic hydroxyl groups excluding tert-OH is 1. The number of rotatable bonds is 9. The summed E-state index contributed by atoms with van der Waals surface area (Å²) in [5.74, 6) is -0.481. The zero-order chi connectivity index (χ0) is 28.8. The standard InChI is InChI=1S/C31H28Cl3NO5/c1-16-5-6-18(30(37)38)11-21(16)19-13-31(39,14-19)23-10-9-20(12-26(23)34)40-15-22(29(36)17-7-8-17)28(35)27-24(32)3-2-4-25(27)33/h2-6,9-12,17,19,35-36,39H,7-8,13-15H2,1H3,(H,37,38)/b29-22-,35-28?/t19-,31-. The first-order chi connectivity index (χ1) is 19.0. The molecule has 6 nitrogen and oxygen atoms in total. The first-order valence-corrected chi connectivity index (χ1v) is 14.1. The number of carbonyl (C=O) groups is 1. The van der Waals surface area contributed by atoms with Crippen molar-refractivity contribution in [1.29, 1.82) is 5.41 Å². The van der Waals surface area contributed by atoms with E-state index in [0.717, 1.165) is 24.0 Å². The molecule has 0 heterocycles. The van der Waals surface area contributed by atoms with Crippen LogP contribution in [0.2, 0.25) is 15.1 Å². The van der Waals surface area contributed by atoms with Crippen LogP contribution in [0.5, 0.6) is 5.75 Å². The van der Waals surface area contributed by atoms with E-state index < -0.39 is 11.6 Å².